The van der Waals surface area contributed by atoms with Gasteiger partial charge in [-0.15, -0.1) is 5.10 Å². The van der Waals surface area contributed by atoms with E-state index in [0.29, 0.717) is 43.3 Å². The smallest absolute Gasteiger partial charge is 0.306 e. The van der Waals surface area contributed by atoms with Crippen molar-refractivity contribution in [3.63, 3.8) is 0 Å². The van der Waals surface area contributed by atoms with Gasteiger partial charge in [0.2, 0.25) is 0 Å². The summed E-state index contributed by atoms with van der Waals surface area (Å²) in [6, 6.07) is 14.2. The van der Waals surface area contributed by atoms with E-state index >= 15 is 0 Å². The van der Waals surface area contributed by atoms with E-state index in [0.717, 1.165) is 37.2 Å². The van der Waals surface area contributed by atoms with Crippen molar-refractivity contribution in [2.45, 2.75) is 51.7 Å². The minimum absolute atomic E-state index is 0.106. The van der Waals surface area contributed by atoms with Crippen LogP contribution in [0.5, 0.6) is 5.75 Å². The van der Waals surface area contributed by atoms with Gasteiger partial charge in [-0.1, -0.05) is 35.5 Å². The molecule has 0 aliphatic heterocycles. The Kier molecular flexibility index (Phi) is 8.66. The topological polar surface area (TPSA) is 103 Å². The van der Waals surface area contributed by atoms with Crippen LogP contribution in [-0.4, -0.2) is 62.4 Å². The van der Waals surface area contributed by atoms with Gasteiger partial charge in [-0.3, -0.25) is 9.69 Å². The fourth-order valence-corrected chi connectivity index (χ4v) is 4.53. The average Bonchev–Trinajstić information content (AvgIpc) is 3.25. The number of hydrogen-bond donors (Lipinski definition) is 1. The molecule has 3 aromatic rings. The lowest BCUT2D eigenvalue weighted by molar-refractivity contribution is -0.143. The highest BCUT2D eigenvalue weighted by Crippen LogP contribution is 2.30. The largest absolute Gasteiger partial charge is 0.489 e. The highest BCUT2D eigenvalue weighted by Gasteiger charge is 2.28. The molecular weight excluding hydrogens is 458 g/mol. The Morgan fingerprint density at radius 3 is 2.75 bits per heavy atom. The Morgan fingerprint density at radius 2 is 2.00 bits per heavy atom. The van der Waals surface area contributed by atoms with Crippen LogP contribution >= 0.6 is 0 Å². The van der Waals surface area contributed by atoms with E-state index in [1.54, 1.807) is 4.68 Å². The third-order valence-corrected chi connectivity index (χ3v) is 6.67. The van der Waals surface area contributed by atoms with Crippen LogP contribution in [0.15, 0.2) is 42.5 Å². The Balaban J connectivity index is 1.34. The van der Waals surface area contributed by atoms with Crippen molar-refractivity contribution < 1.29 is 19.4 Å². The predicted molar refractivity (Wildman–Crippen MR) is 135 cm³/mol. The van der Waals surface area contributed by atoms with Crippen molar-refractivity contribution in [3.8, 4) is 17.1 Å². The molecule has 9 heteroatoms. The zero-order valence-corrected chi connectivity index (χ0v) is 21.3. The van der Waals surface area contributed by atoms with Crippen LogP contribution in [-0.2, 0) is 29.6 Å². The molecule has 1 N–H and O–H groups in total. The van der Waals surface area contributed by atoms with Crippen LogP contribution in [0.2, 0.25) is 0 Å². The van der Waals surface area contributed by atoms with Gasteiger partial charge in [-0.05, 0) is 63.8 Å². The summed E-state index contributed by atoms with van der Waals surface area (Å²) in [5.74, 6) is -0.402. The van der Waals surface area contributed by atoms with E-state index in [9.17, 15) is 9.90 Å². The van der Waals surface area contributed by atoms with Gasteiger partial charge >= 0.3 is 5.97 Å². The van der Waals surface area contributed by atoms with E-state index in [-0.39, 0.29) is 12.0 Å². The third-order valence-electron chi connectivity index (χ3n) is 6.67. The number of carbonyl (C=O) groups is 1. The van der Waals surface area contributed by atoms with Crippen molar-refractivity contribution in [1.82, 2.24) is 24.9 Å². The van der Waals surface area contributed by atoms with Crippen LogP contribution < -0.4 is 4.74 Å². The lowest BCUT2D eigenvalue weighted by Gasteiger charge is -2.27. The zero-order valence-electron chi connectivity index (χ0n) is 21.3. The highest BCUT2D eigenvalue weighted by molar-refractivity contribution is 5.70. The summed E-state index contributed by atoms with van der Waals surface area (Å²) in [7, 11) is 3.89. The number of pyridine rings is 1. The summed E-state index contributed by atoms with van der Waals surface area (Å²) in [6.45, 7) is 3.66. The monoisotopic (exact) mass is 493 g/mol. The molecule has 4 rings (SSSR count). The van der Waals surface area contributed by atoms with Crippen LogP contribution in [0.4, 0.5) is 0 Å². The number of carboxylic acids is 1. The minimum atomic E-state index is -0.742. The number of aromatic nitrogens is 4. The van der Waals surface area contributed by atoms with Gasteiger partial charge in [0.25, 0.3) is 0 Å². The Morgan fingerprint density at radius 1 is 1.19 bits per heavy atom. The number of hydrogen-bond acceptors (Lipinski definition) is 7. The first-order valence-electron chi connectivity index (χ1n) is 12.5. The second-order valence-corrected chi connectivity index (χ2v) is 9.52. The summed E-state index contributed by atoms with van der Waals surface area (Å²) in [6.07, 6.45) is 3.82. The third kappa shape index (κ3) is 6.67. The van der Waals surface area contributed by atoms with Crippen molar-refractivity contribution in [3.05, 3.63) is 59.4 Å². The first-order chi connectivity index (χ1) is 17.4. The number of carboxylic acid groups (broad SMARTS) is 1. The molecule has 9 nitrogen and oxygen atoms in total. The molecular formula is C27H35N5O4. The molecule has 1 aliphatic carbocycles. The fourth-order valence-electron chi connectivity index (χ4n) is 4.53. The number of rotatable bonds is 11. The van der Waals surface area contributed by atoms with Crippen molar-refractivity contribution in [2.75, 3.05) is 20.3 Å². The van der Waals surface area contributed by atoms with Crippen LogP contribution in [0.1, 0.15) is 42.6 Å². The standard InChI is InChI=1S/C27H35N5O4/c1-19-25(36-22-11-7-10-21(16-22)27(33)34)13-12-23(28-19)26-24(32(3)30-29-26)17-35-18-31(2)15-14-20-8-5-4-6-9-20/h4-6,8-9,12-13,21-22H,7,10-11,14-18H2,1-3H3,(H,33,34)/t21-,22-/m0/s1. The molecule has 1 aromatic carbocycles. The molecule has 192 valence electrons. The normalized spacial score (nSPS) is 17.9. The lowest BCUT2D eigenvalue weighted by atomic mass is 9.87. The molecule has 2 heterocycles. The molecule has 1 saturated carbocycles. The first-order valence-corrected chi connectivity index (χ1v) is 12.5. The molecule has 0 saturated heterocycles. The van der Waals surface area contributed by atoms with Gasteiger partial charge in [0.05, 0.1) is 42.4 Å². The number of aryl methyl sites for hydroxylation is 2. The van der Waals surface area contributed by atoms with E-state index in [1.807, 2.05) is 39.2 Å². The number of likely N-dealkylation sites (N-methyl/N-ethyl adjacent to an activating group) is 1. The Hall–Kier alpha value is -3.30. The highest BCUT2D eigenvalue weighted by atomic mass is 16.5. The van der Waals surface area contributed by atoms with Gasteiger partial charge in [0.15, 0.2) is 0 Å². The Labute approximate surface area is 212 Å². The molecule has 2 aromatic heterocycles. The van der Waals surface area contributed by atoms with Crippen molar-refractivity contribution >= 4 is 5.97 Å². The fraction of sp³-hybridized carbons (Fsp3) is 0.481. The zero-order chi connectivity index (χ0) is 25.5. The molecule has 0 spiro atoms. The maximum Gasteiger partial charge on any atom is 0.306 e. The maximum absolute atomic E-state index is 11.4. The summed E-state index contributed by atoms with van der Waals surface area (Å²) < 4.78 is 13.8. The molecule has 2 atom stereocenters. The second kappa shape index (κ2) is 12.1. The Bertz CT molecular complexity index is 1150. The molecule has 0 amide bonds. The summed E-state index contributed by atoms with van der Waals surface area (Å²) in [5, 5.41) is 17.8. The summed E-state index contributed by atoms with van der Waals surface area (Å²) in [4.78, 5) is 18.2. The molecule has 0 unspecified atom stereocenters. The van der Waals surface area contributed by atoms with E-state index < -0.39 is 5.97 Å². The van der Waals surface area contributed by atoms with Crippen molar-refractivity contribution in [2.24, 2.45) is 13.0 Å². The van der Waals surface area contributed by atoms with Gasteiger partial charge in [0.1, 0.15) is 11.4 Å². The first kappa shape index (κ1) is 25.8. The number of ether oxygens (including phenoxy) is 2. The van der Waals surface area contributed by atoms with Gasteiger partial charge in [-0.25, -0.2) is 9.67 Å². The van der Waals surface area contributed by atoms with Gasteiger partial charge in [-0.2, -0.15) is 0 Å². The van der Waals surface area contributed by atoms with E-state index in [1.165, 1.54) is 5.56 Å². The quantitative estimate of drug-likeness (QED) is 0.402. The number of benzene rings is 1. The minimum Gasteiger partial charge on any atom is -0.489 e. The SMILES string of the molecule is Cc1nc(-c2nnn(C)c2COCN(C)CCc2ccccc2)ccc1O[C@H]1CCC[C@H](C(=O)O)C1. The second-order valence-electron chi connectivity index (χ2n) is 9.52. The average molecular weight is 494 g/mol. The molecule has 1 aliphatic rings. The predicted octanol–water partition coefficient (Wildman–Crippen LogP) is 3.86. The van der Waals surface area contributed by atoms with Crippen LogP contribution in [0.3, 0.4) is 0 Å². The van der Waals surface area contributed by atoms with Crippen LogP contribution in [0.25, 0.3) is 11.4 Å². The van der Waals surface area contributed by atoms with Gasteiger partial charge < -0.3 is 14.6 Å². The number of aliphatic carboxylic acids is 1. The molecule has 36 heavy (non-hydrogen) atoms. The lowest BCUT2D eigenvalue weighted by Crippen LogP contribution is -2.29. The van der Waals surface area contributed by atoms with E-state index in [2.05, 4.69) is 39.5 Å². The summed E-state index contributed by atoms with van der Waals surface area (Å²) in [5.41, 5.74) is 4.28. The van der Waals surface area contributed by atoms with Crippen molar-refractivity contribution in [1.29, 1.82) is 0 Å². The maximum atomic E-state index is 11.4. The molecule has 0 radical (unpaired) electrons. The van der Waals surface area contributed by atoms with Crippen LogP contribution in [0, 0.1) is 12.8 Å². The molecule has 0 bridgehead atoms. The molecule has 1 fully saturated rings. The summed E-state index contributed by atoms with van der Waals surface area (Å²) >= 11 is 0. The van der Waals surface area contributed by atoms with E-state index in [4.69, 9.17) is 14.5 Å². The number of nitrogens with zero attached hydrogens (tertiary/aromatic N) is 5. The van der Waals surface area contributed by atoms with Gasteiger partial charge in [0, 0.05) is 13.6 Å².